The van der Waals surface area contributed by atoms with E-state index in [4.69, 9.17) is 4.74 Å². The van der Waals surface area contributed by atoms with Crippen molar-refractivity contribution in [2.45, 2.75) is 64.7 Å². The third-order valence-electron chi connectivity index (χ3n) is 4.95. The number of rotatable bonds is 7. The Kier molecular flexibility index (Phi) is 6.93. The van der Waals surface area contributed by atoms with Crippen molar-refractivity contribution >= 4 is 0 Å². The lowest BCUT2D eigenvalue weighted by molar-refractivity contribution is 0.0507. The fourth-order valence-electron chi connectivity index (χ4n) is 3.80. The highest BCUT2D eigenvalue weighted by Gasteiger charge is 2.28. The number of ether oxygens (including phenoxy) is 1. The normalized spacial score (nSPS) is 34.0. The zero-order valence-corrected chi connectivity index (χ0v) is 14.1. The zero-order chi connectivity index (χ0) is 15.2. The van der Waals surface area contributed by atoms with Gasteiger partial charge in [-0.25, -0.2) is 0 Å². The second-order valence-electron chi connectivity index (χ2n) is 7.37. The first-order valence-electron chi connectivity index (χ1n) is 8.80. The quantitative estimate of drug-likeness (QED) is 0.753. The lowest BCUT2D eigenvalue weighted by Gasteiger charge is -2.38. The average Bonchev–Trinajstić information content (AvgIpc) is 2.90. The van der Waals surface area contributed by atoms with E-state index in [1.165, 1.54) is 32.4 Å². The van der Waals surface area contributed by atoms with Gasteiger partial charge in [0, 0.05) is 25.7 Å². The van der Waals surface area contributed by atoms with Crippen LogP contribution in [-0.2, 0) is 4.74 Å². The van der Waals surface area contributed by atoms with Crippen molar-refractivity contribution in [3.63, 3.8) is 0 Å². The molecular formula is C17H34N2O2. The molecule has 0 bridgehead atoms. The molecular weight excluding hydrogens is 264 g/mol. The van der Waals surface area contributed by atoms with Crippen molar-refractivity contribution in [3.8, 4) is 0 Å². The lowest BCUT2D eigenvalue weighted by Crippen LogP contribution is -2.50. The van der Waals surface area contributed by atoms with E-state index in [0.29, 0.717) is 24.0 Å². The molecule has 2 N–H and O–H groups in total. The number of nitrogens with zero attached hydrogens (tertiary/aromatic N) is 1. The molecule has 5 unspecified atom stereocenters. The first-order chi connectivity index (χ1) is 10.0. The van der Waals surface area contributed by atoms with E-state index in [9.17, 15) is 5.11 Å². The summed E-state index contributed by atoms with van der Waals surface area (Å²) >= 11 is 0. The number of aliphatic hydroxyl groups excluding tert-OH is 1. The maximum Gasteiger partial charge on any atom is 0.0702 e. The van der Waals surface area contributed by atoms with Gasteiger partial charge in [-0.2, -0.15) is 0 Å². The molecule has 0 aromatic rings. The Labute approximate surface area is 130 Å². The van der Waals surface area contributed by atoms with E-state index in [0.717, 1.165) is 26.1 Å². The predicted octanol–water partition coefficient (Wildman–Crippen LogP) is 1.87. The number of hydrogen-bond donors (Lipinski definition) is 2. The van der Waals surface area contributed by atoms with Gasteiger partial charge in [0.2, 0.25) is 0 Å². The van der Waals surface area contributed by atoms with Crippen molar-refractivity contribution in [3.05, 3.63) is 0 Å². The van der Waals surface area contributed by atoms with Crippen molar-refractivity contribution in [1.82, 2.24) is 10.2 Å². The van der Waals surface area contributed by atoms with E-state index >= 15 is 0 Å². The summed E-state index contributed by atoms with van der Waals surface area (Å²) in [6.07, 6.45) is 4.89. The Morgan fingerprint density at radius 3 is 2.76 bits per heavy atom. The van der Waals surface area contributed by atoms with Crippen LogP contribution in [0.25, 0.3) is 0 Å². The fraction of sp³-hybridized carbons (Fsp3) is 1.00. The molecule has 2 rings (SSSR count). The van der Waals surface area contributed by atoms with Crippen molar-refractivity contribution in [2.75, 3.05) is 32.8 Å². The maximum absolute atomic E-state index is 9.44. The molecule has 0 spiro atoms. The summed E-state index contributed by atoms with van der Waals surface area (Å²) in [5.41, 5.74) is 0. The van der Waals surface area contributed by atoms with Crippen LogP contribution in [0, 0.1) is 11.8 Å². The second-order valence-corrected chi connectivity index (χ2v) is 7.37. The third-order valence-corrected chi connectivity index (χ3v) is 4.95. The maximum atomic E-state index is 9.44. The number of likely N-dealkylation sites (tertiary alicyclic amines) is 1. The van der Waals surface area contributed by atoms with Gasteiger partial charge in [-0.3, -0.25) is 0 Å². The molecule has 0 saturated carbocycles. The van der Waals surface area contributed by atoms with E-state index in [1.807, 2.05) is 6.92 Å². The molecule has 4 nitrogen and oxygen atoms in total. The first-order valence-corrected chi connectivity index (χ1v) is 8.80. The zero-order valence-electron chi connectivity index (χ0n) is 14.1. The Hall–Kier alpha value is -0.160. The van der Waals surface area contributed by atoms with E-state index in [1.54, 1.807) is 0 Å². The average molecular weight is 298 g/mol. The molecule has 0 amide bonds. The molecule has 2 aliphatic rings. The van der Waals surface area contributed by atoms with Gasteiger partial charge in [-0.15, -0.1) is 0 Å². The van der Waals surface area contributed by atoms with Gasteiger partial charge in [-0.05, 0) is 57.5 Å². The molecule has 2 fully saturated rings. The van der Waals surface area contributed by atoms with Crippen LogP contribution in [0.15, 0.2) is 0 Å². The van der Waals surface area contributed by atoms with E-state index < -0.39 is 0 Å². The summed E-state index contributed by atoms with van der Waals surface area (Å²) in [5, 5.41) is 13.2. The van der Waals surface area contributed by atoms with Gasteiger partial charge in [0.05, 0.1) is 12.2 Å². The van der Waals surface area contributed by atoms with Crippen molar-refractivity contribution in [2.24, 2.45) is 11.8 Å². The number of aliphatic hydroxyl groups is 1. The largest absolute Gasteiger partial charge is 0.393 e. The molecule has 5 atom stereocenters. The highest BCUT2D eigenvalue weighted by molar-refractivity contribution is 4.85. The number of hydrogen-bond acceptors (Lipinski definition) is 4. The van der Waals surface area contributed by atoms with Crippen LogP contribution < -0.4 is 5.32 Å². The summed E-state index contributed by atoms with van der Waals surface area (Å²) < 4.78 is 5.75. The van der Waals surface area contributed by atoms with Gasteiger partial charge in [0.15, 0.2) is 0 Å². The van der Waals surface area contributed by atoms with Crippen LogP contribution in [0.5, 0.6) is 0 Å². The molecule has 0 aliphatic carbocycles. The van der Waals surface area contributed by atoms with Crippen LogP contribution in [0.3, 0.4) is 0 Å². The highest BCUT2D eigenvalue weighted by Crippen LogP contribution is 2.20. The summed E-state index contributed by atoms with van der Waals surface area (Å²) in [7, 11) is 0. The van der Waals surface area contributed by atoms with Gasteiger partial charge in [0.1, 0.15) is 0 Å². The first kappa shape index (κ1) is 17.2. The van der Waals surface area contributed by atoms with Crippen molar-refractivity contribution in [1.29, 1.82) is 0 Å². The standard InChI is InChI=1S/C17H34N2O2/c1-13(9-15(3)20)10-18-17-6-7-19(11-14(17)2)12-16-5-4-8-21-16/h13-18,20H,4-12H2,1-3H3. The second kappa shape index (κ2) is 8.47. The Morgan fingerprint density at radius 1 is 1.33 bits per heavy atom. The summed E-state index contributed by atoms with van der Waals surface area (Å²) in [5.74, 6) is 1.24. The lowest BCUT2D eigenvalue weighted by atomic mass is 9.92. The molecule has 0 aromatic carbocycles. The minimum Gasteiger partial charge on any atom is -0.393 e. The van der Waals surface area contributed by atoms with Gasteiger partial charge < -0.3 is 20.1 Å². The van der Waals surface area contributed by atoms with Crippen LogP contribution in [-0.4, -0.2) is 61.0 Å². The molecule has 2 heterocycles. The predicted molar refractivity (Wildman–Crippen MR) is 86.4 cm³/mol. The topological polar surface area (TPSA) is 44.7 Å². The molecule has 2 aliphatic heterocycles. The van der Waals surface area contributed by atoms with Crippen LogP contribution >= 0.6 is 0 Å². The third kappa shape index (κ3) is 5.85. The Morgan fingerprint density at radius 2 is 2.14 bits per heavy atom. The molecule has 124 valence electrons. The molecule has 4 heteroatoms. The Balaban J connectivity index is 1.65. The van der Waals surface area contributed by atoms with Crippen LogP contribution in [0.2, 0.25) is 0 Å². The van der Waals surface area contributed by atoms with Crippen LogP contribution in [0.4, 0.5) is 0 Å². The molecule has 0 aromatic heterocycles. The summed E-state index contributed by atoms with van der Waals surface area (Å²) in [6.45, 7) is 11.9. The summed E-state index contributed by atoms with van der Waals surface area (Å²) in [6, 6.07) is 0.627. The number of nitrogens with one attached hydrogen (secondary N) is 1. The van der Waals surface area contributed by atoms with Crippen LogP contribution in [0.1, 0.15) is 46.5 Å². The van der Waals surface area contributed by atoms with Gasteiger partial charge in [0.25, 0.3) is 0 Å². The molecule has 21 heavy (non-hydrogen) atoms. The highest BCUT2D eigenvalue weighted by atomic mass is 16.5. The minimum atomic E-state index is -0.188. The van der Waals surface area contributed by atoms with Gasteiger partial charge >= 0.3 is 0 Å². The SMILES string of the molecule is CC(O)CC(C)CNC1CCN(CC2CCCO2)CC1C. The Bertz CT molecular complexity index is 293. The van der Waals surface area contributed by atoms with E-state index in [-0.39, 0.29) is 6.10 Å². The van der Waals surface area contributed by atoms with E-state index in [2.05, 4.69) is 24.1 Å². The number of piperidine rings is 1. The fourth-order valence-corrected chi connectivity index (χ4v) is 3.80. The monoisotopic (exact) mass is 298 g/mol. The van der Waals surface area contributed by atoms with Crippen molar-refractivity contribution < 1.29 is 9.84 Å². The minimum absolute atomic E-state index is 0.188. The molecule has 0 radical (unpaired) electrons. The smallest absolute Gasteiger partial charge is 0.0702 e. The summed E-state index contributed by atoms with van der Waals surface area (Å²) in [4.78, 5) is 2.58. The molecule has 2 saturated heterocycles. The van der Waals surface area contributed by atoms with Gasteiger partial charge in [-0.1, -0.05) is 13.8 Å².